The van der Waals surface area contributed by atoms with Gasteiger partial charge in [0.25, 0.3) is 0 Å². The van der Waals surface area contributed by atoms with Gasteiger partial charge in [-0.1, -0.05) is 27.2 Å². The zero-order valence-electron chi connectivity index (χ0n) is 13.2. The number of unbranched alkanes of at least 4 members (excludes halogenated alkanes) is 1. The molecule has 2 N–H and O–H groups in total. The Bertz CT molecular complexity index is 498. The number of ether oxygens (including phenoxy) is 1. The van der Waals surface area contributed by atoms with E-state index >= 15 is 0 Å². The molecular weight excluding hydrogens is 268 g/mol. The van der Waals surface area contributed by atoms with Gasteiger partial charge >= 0.3 is 0 Å². The minimum Gasteiger partial charge on any atom is -0.494 e. The quantitative estimate of drug-likeness (QED) is 0.809. The summed E-state index contributed by atoms with van der Waals surface area (Å²) < 4.78 is 5.27. The molecular formula is C16H24N2O3. The molecule has 0 aliphatic rings. The molecule has 116 valence electrons. The second-order valence-corrected chi connectivity index (χ2v) is 5.21. The number of hydrogen-bond acceptors (Lipinski definition) is 3. The average molecular weight is 292 g/mol. The molecule has 0 aromatic heterocycles. The molecule has 2 amide bonds. The summed E-state index contributed by atoms with van der Waals surface area (Å²) >= 11 is 0. The second kappa shape index (κ2) is 8.29. The first-order valence-corrected chi connectivity index (χ1v) is 7.26. The molecule has 0 aliphatic carbocycles. The van der Waals surface area contributed by atoms with E-state index in [1.165, 1.54) is 7.11 Å². The van der Waals surface area contributed by atoms with Crippen LogP contribution >= 0.6 is 0 Å². The van der Waals surface area contributed by atoms with Gasteiger partial charge in [-0.25, -0.2) is 0 Å². The summed E-state index contributed by atoms with van der Waals surface area (Å²) in [6, 6.07) is 5.19. The van der Waals surface area contributed by atoms with Crippen molar-refractivity contribution in [3.05, 3.63) is 18.2 Å². The molecule has 1 rings (SSSR count). The van der Waals surface area contributed by atoms with Crippen molar-refractivity contribution < 1.29 is 14.3 Å². The van der Waals surface area contributed by atoms with Crippen LogP contribution < -0.4 is 15.4 Å². The van der Waals surface area contributed by atoms with Crippen LogP contribution in [-0.4, -0.2) is 18.9 Å². The van der Waals surface area contributed by atoms with Crippen LogP contribution in [0, 0.1) is 5.92 Å². The Kier molecular flexibility index (Phi) is 6.72. The van der Waals surface area contributed by atoms with E-state index in [0.717, 1.165) is 12.8 Å². The van der Waals surface area contributed by atoms with Gasteiger partial charge in [0.2, 0.25) is 11.8 Å². The number of methoxy groups -OCH3 is 1. The molecule has 5 nitrogen and oxygen atoms in total. The maximum absolute atomic E-state index is 11.8. The van der Waals surface area contributed by atoms with Crippen LogP contribution in [0.25, 0.3) is 0 Å². The van der Waals surface area contributed by atoms with Crippen molar-refractivity contribution in [2.45, 2.75) is 40.0 Å². The Labute approximate surface area is 126 Å². The molecule has 0 fully saturated rings. The van der Waals surface area contributed by atoms with Crippen molar-refractivity contribution in [2.75, 3.05) is 17.7 Å². The van der Waals surface area contributed by atoms with Gasteiger partial charge in [-0.15, -0.1) is 0 Å². The smallest absolute Gasteiger partial charge is 0.226 e. The van der Waals surface area contributed by atoms with Gasteiger partial charge in [-0.05, 0) is 18.6 Å². The van der Waals surface area contributed by atoms with Crippen molar-refractivity contribution in [2.24, 2.45) is 5.92 Å². The zero-order chi connectivity index (χ0) is 15.8. The van der Waals surface area contributed by atoms with E-state index in [4.69, 9.17) is 4.74 Å². The molecule has 0 saturated carbocycles. The summed E-state index contributed by atoms with van der Waals surface area (Å²) in [5.74, 6) is 0.344. The highest BCUT2D eigenvalue weighted by atomic mass is 16.5. The van der Waals surface area contributed by atoms with E-state index in [-0.39, 0.29) is 17.7 Å². The highest BCUT2D eigenvalue weighted by Gasteiger charge is 2.11. The van der Waals surface area contributed by atoms with E-state index in [2.05, 4.69) is 10.6 Å². The first kappa shape index (κ1) is 17.0. The fraction of sp³-hybridized carbons (Fsp3) is 0.500. The topological polar surface area (TPSA) is 67.4 Å². The largest absolute Gasteiger partial charge is 0.494 e. The van der Waals surface area contributed by atoms with Crippen molar-refractivity contribution in [3.8, 4) is 5.75 Å². The number of nitrogens with one attached hydrogen (secondary N) is 2. The second-order valence-electron chi connectivity index (χ2n) is 5.21. The van der Waals surface area contributed by atoms with E-state index < -0.39 is 0 Å². The predicted molar refractivity (Wildman–Crippen MR) is 84.6 cm³/mol. The van der Waals surface area contributed by atoms with Crippen LogP contribution in [0.1, 0.15) is 40.0 Å². The Morgan fingerprint density at radius 2 is 1.95 bits per heavy atom. The third-order valence-corrected chi connectivity index (χ3v) is 3.02. The molecule has 0 radical (unpaired) electrons. The number of amides is 2. The molecule has 0 heterocycles. The van der Waals surface area contributed by atoms with E-state index in [9.17, 15) is 9.59 Å². The highest BCUT2D eigenvalue weighted by molar-refractivity contribution is 5.95. The number of carbonyl (C=O) groups excluding carboxylic acids is 2. The van der Waals surface area contributed by atoms with Crippen LogP contribution in [0.3, 0.4) is 0 Å². The summed E-state index contributed by atoms with van der Waals surface area (Å²) in [6.07, 6.45) is 2.33. The number of benzene rings is 1. The molecule has 0 atom stereocenters. The zero-order valence-corrected chi connectivity index (χ0v) is 13.2. The van der Waals surface area contributed by atoms with E-state index in [1.807, 2.05) is 20.8 Å². The maximum atomic E-state index is 11.8. The summed E-state index contributed by atoms with van der Waals surface area (Å²) in [6.45, 7) is 5.70. The predicted octanol–water partition coefficient (Wildman–Crippen LogP) is 3.42. The highest BCUT2D eigenvalue weighted by Crippen LogP contribution is 2.28. The minimum atomic E-state index is -0.0931. The molecule has 0 saturated heterocycles. The molecule has 0 aliphatic heterocycles. The maximum Gasteiger partial charge on any atom is 0.226 e. The van der Waals surface area contributed by atoms with Crippen molar-refractivity contribution in [1.82, 2.24) is 0 Å². The number of hydrogen-bond donors (Lipinski definition) is 2. The lowest BCUT2D eigenvalue weighted by Crippen LogP contribution is -2.18. The van der Waals surface area contributed by atoms with Crippen LogP contribution in [0.4, 0.5) is 11.4 Å². The first-order chi connectivity index (χ1) is 9.97. The fourth-order valence-electron chi connectivity index (χ4n) is 1.71. The third-order valence-electron chi connectivity index (χ3n) is 3.02. The minimum absolute atomic E-state index is 0.0332. The van der Waals surface area contributed by atoms with Gasteiger partial charge in [0.05, 0.1) is 12.8 Å². The van der Waals surface area contributed by atoms with Crippen molar-refractivity contribution >= 4 is 23.2 Å². The molecule has 5 heteroatoms. The van der Waals surface area contributed by atoms with Gasteiger partial charge in [0.1, 0.15) is 5.75 Å². The lowest BCUT2D eigenvalue weighted by molar-refractivity contribution is -0.119. The molecule has 0 bridgehead atoms. The van der Waals surface area contributed by atoms with Crippen molar-refractivity contribution in [1.29, 1.82) is 0 Å². The first-order valence-electron chi connectivity index (χ1n) is 7.26. The van der Waals surface area contributed by atoms with E-state index in [0.29, 0.717) is 23.5 Å². The summed E-state index contributed by atoms with van der Waals surface area (Å²) in [5.41, 5.74) is 1.26. The Balaban J connectivity index is 2.79. The molecule has 1 aromatic carbocycles. The van der Waals surface area contributed by atoms with Gasteiger partial charge < -0.3 is 15.4 Å². The number of anilines is 2. The SMILES string of the molecule is CCCCC(=O)Nc1ccc(NC(=O)C(C)C)cc1OC. The molecule has 21 heavy (non-hydrogen) atoms. The molecule has 1 aromatic rings. The summed E-state index contributed by atoms with van der Waals surface area (Å²) in [4.78, 5) is 23.4. The average Bonchev–Trinajstić information content (AvgIpc) is 2.46. The summed E-state index contributed by atoms with van der Waals surface area (Å²) in [5, 5.41) is 5.62. The normalized spacial score (nSPS) is 10.3. The Morgan fingerprint density at radius 3 is 2.52 bits per heavy atom. The standard InChI is InChI=1S/C16H24N2O3/c1-5-6-7-15(19)18-13-9-8-12(10-14(13)21-4)17-16(20)11(2)3/h8-11H,5-7H2,1-4H3,(H,17,20)(H,18,19). The Hall–Kier alpha value is -2.04. The van der Waals surface area contributed by atoms with Gasteiger partial charge in [0, 0.05) is 24.1 Å². The number of carbonyl (C=O) groups is 2. The van der Waals surface area contributed by atoms with Crippen LogP contribution in [0.15, 0.2) is 18.2 Å². The lowest BCUT2D eigenvalue weighted by Gasteiger charge is -2.13. The Morgan fingerprint density at radius 1 is 1.24 bits per heavy atom. The molecule has 0 unspecified atom stereocenters. The third kappa shape index (κ3) is 5.45. The van der Waals surface area contributed by atoms with Gasteiger partial charge in [-0.2, -0.15) is 0 Å². The van der Waals surface area contributed by atoms with Crippen LogP contribution in [0.2, 0.25) is 0 Å². The summed E-state index contributed by atoms with van der Waals surface area (Å²) in [7, 11) is 1.53. The van der Waals surface area contributed by atoms with Gasteiger partial charge in [0.15, 0.2) is 0 Å². The van der Waals surface area contributed by atoms with Gasteiger partial charge in [-0.3, -0.25) is 9.59 Å². The van der Waals surface area contributed by atoms with Crippen molar-refractivity contribution in [3.63, 3.8) is 0 Å². The van der Waals surface area contributed by atoms with Crippen LogP contribution in [-0.2, 0) is 9.59 Å². The van der Waals surface area contributed by atoms with E-state index in [1.54, 1.807) is 18.2 Å². The number of rotatable bonds is 7. The monoisotopic (exact) mass is 292 g/mol. The fourth-order valence-corrected chi connectivity index (χ4v) is 1.71. The van der Waals surface area contributed by atoms with Crippen LogP contribution in [0.5, 0.6) is 5.75 Å². The lowest BCUT2D eigenvalue weighted by atomic mass is 10.2. The molecule has 0 spiro atoms.